The zero-order valence-electron chi connectivity index (χ0n) is 12.5. The molecule has 1 fully saturated rings. The van der Waals surface area contributed by atoms with E-state index < -0.39 is 5.60 Å². The Hall–Kier alpha value is -0.710. The van der Waals surface area contributed by atoms with E-state index >= 15 is 0 Å². The Bertz CT molecular complexity index is 490. The van der Waals surface area contributed by atoms with E-state index in [1.165, 1.54) is 0 Å². The number of hydrogen-bond donors (Lipinski definition) is 1. The van der Waals surface area contributed by atoms with Gasteiger partial charge in [0.2, 0.25) is 5.91 Å². The maximum absolute atomic E-state index is 12.5. The summed E-state index contributed by atoms with van der Waals surface area (Å²) in [6, 6.07) is 7.54. The molecule has 0 bridgehead atoms. The summed E-state index contributed by atoms with van der Waals surface area (Å²) in [5, 5.41) is 10.7. The van der Waals surface area contributed by atoms with Crippen LogP contribution >= 0.6 is 23.4 Å². The zero-order valence-corrected chi connectivity index (χ0v) is 14.1. The van der Waals surface area contributed by atoms with Crippen LogP contribution in [0.1, 0.15) is 33.1 Å². The second kappa shape index (κ2) is 7.03. The van der Waals surface area contributed by atoms with Gasteiger partial charge in [-0.05, 0) is 57.4 Å². The standard InChI is InChI=1S/C16H22ClNO2S/c1-12(21-14-6-4-13(17)5-7-14)15(19)18-10-3-8-16(2,20)9-11-18/h4-7,12,20H,3,8-11H2,1-2H3. The van der Waals surface area contributed by atoms with Crippen molar-refractivity contribution in [2.45, 2.75) is 48.9 Å². The van der Waals surface area contributed by atoms with Crippen molar-refractivity contribution >= 4 is 29.3 Å². The van der Waals surface area contributed by atoms with Crippen molar-refractivity contribution in [3.05, 3.63) is 29.3 Å². The number of halogens is 1. The Morgan fingerprint density at radius 3 is 2.67 bits per heavy atom. The minimum absolute atomic E-state index is 0.130. The number of benzene rings is 1. The highest BCUT2D eigenvalue weighted by Crippen LogP contribution is 2.27. The molecule has 0 aromatic heterocycles. The van der Waals surface area contributed by atoms with Crippen LogP contribution in [0, 0.1) is 0 Å². The van der Waals surface area contributed by atoms with Gasteiger partial charge in [-0.25, -0.2) is 0 Å². The monoisotopic (exact) mass is 327 g/mol. The number of thioether (sulfide) groups is 1. The summed E-state index contributed by atoms with van der Waals surface area (Å²) in [6.45, 7) is 5.16. The van der Waals surface area contributed by atoms with Crippen molar-refractivity contribution in [3.8, 4) is 0 Å². The van der Waals surface area contributed by atoms with Crippen LogP contribution in [0.15, 0.2) is 29.2 Å². The number of rotatable bonds is 3. The number of hydrogen-bond acceptors (Lipinski definition) is 3. The molecule has 21 heavy (non-hydrogen) atoms. The predicted octanol–water partition coefficient (Wildman–Crippen LogP) is 3.58. The first-order chi connectivity index (χ1) is 9.87. The maximum atomic E-state index is 12.5. The lowest BCUT2D eigenvalue weighted by molar-refractivity contribution is -0.130. The Balaban J connectivity index is 1.94. The number of amides is 1. The third-order valence-electron chi connectivity index (χ3n) is 3.85. The van der Waals surface area contributed by atoms with Crippen molar-refractivity contribution in [3.63, 3.8) is 0 Å². The van der Waals surface area contributed by atoms with Gasteiger partial charge < -0.3 is 10.0 Å². The van der Waals surface area contributed by atoms with Crippen molar-refractivity contribution in [1.82, 2.24) is 4.90 Å². The predicted molar refractivity (Wildman–Crippen MR) is 87.8 cm³/mol. The molecule has 1 aliphatic heterocycles. The molecule has 3 nitrogen and oxygen atoms in total. The van der Waals surface area contributed by atoms with Crippen LogP contribution in [-0.4, -0.2) is 39.9 Å². The average molecular weight is 328 g/mol. The van der Waals surface area contributed by atoms with E-state index in [-0.39, 0.29) is 11.2 Å². The molecule has 1 amide bonds. The van der Waals surface area contributed by atoms with Gasteiger partial charge >= 0.3 is 0 Å². The van der Waals surface area contributed by atoms with Crippen LogP contribution in [0.5, 0.6) is 0 Å². The van der Waals surface area contributed by atoms with Crippen LogP contribution in [0.2, 0.25) is 5.02 Å². The number of carbonyl (C=O) groups is 1. The third kappa shape index (κ3) is 4.90. The van der Waals surface area contributed by atoms with E-state index in [2.05, 4.69) is 0 Å². The van der Waals surface area contributed by atoms with Crippen LogP contribution in [0.3, 0.4) is 0 Å². The molecule has 1 aliphatic rings. The fourth-order valence-corrected chi connectivity index (χ4v) is 3.59. The van der Waals surface area contributed by atoms with Gasteiger partial charge in [-0.1, -0.05) is 11.6 Å². The SMILES string of the molecule is CC(Sc1ccc(Cl)cc1)C(=O)N1CCCC(C)(O)CC1. The molecule has 2 rings (SSSR count). The molecule has 0 saturated carbocycles. The molecule has 0 aliphatic carbocycles. The summed E-state index contributed by atoms with van der Waals surface area (Å²) < 4.78 is 0. The summed E-state index contributed by atoms with van der Waals surface area (Å²) in [7, 11) is 0. The lowest BCUT2D eigenvalue weighted by Gasteiger charge is -2.25. The average Bonchev–Trinajstić information content (AvgIpc) is 2.61. The number of nitrogens with zero attached hydrogens (tertiary/aromatic N) is 1. The van der Waals surface area contributed by atoms with Gasteiger partial charge in [-0.3, -0.25) is 4.79 Å². The van der Waals surface area contributed by atoms with Crippen LogP contribution in [0.4, 0.5) is 0 Å². The summed E-state index contributed by atoms with van der Waals surface area (Å²) in [4.78, 5) is 15.5. The van der Waals surface area contributed by atoms with Gasteiger partial charge in [0.05, 0.1) is 10.9 Å². The topological polar surface area (TPSA) is 40.5 Å². The Morgan fingerprint density at radius 1 is 1.33 bits per heavy atom. The first-order valence-electron chi connectivity index (χ1n) is 7.31. The lowest BCUT2D eigenvalue weighted by Crippen LogP contribution is -2.38. The molecule has 1 heterocycles. The smallest absolute Gasteiger partial charge is 0.235 e. The van der Waals surface area contributed by atoms with E-state index in [0.717, 1.165) is 24.3 Å². The van der Waals surface area contributed by atoms with Gasteiger partial charge in [-0.15, -0.1) is 11.8 Å². The molecule has 2 unspecified atom stereocenters. The Labute approximate surface area is 135 Å². The molecular weight excluding hydrogens is 306 g/mol. The van der Waals surface area contributed by atoms with Gasteiger partial charge in [0.1, 0.15) is 0 Å². The van der Waals surface area contributed by atoms with Crippen molar-refractivity contribution in [2.24, 2.45) is 0 Å². The quantitative estimate of drug-likeness (QED) is 0.863. The first kappa shape index (κ1) is 16.7. The normalized spacial score (nSPS) is 24.5. The number of likely N-dealkylation sites (tertiary alicyclic amines) is 1. The highest BCUT2D eigenvalue weighted by Gasteiger charge is 2.29. The molecule has 1 saturated heterocycles. The molecule has 0 radical (unpaired) electrons. The van der Waals surface area contributed by atoms with Crippen LogP contribution in [-0.2, 0) is 4.79 Å². The van der Waals surface area contributed by atoms with Crippen LogP contribution < -0.4 is 0 Å². The Morgan fingerprint density at radius 2 is 2.00 bits per heavy atom. The summed E-state index contributed by atoms with van der Waals surface area (Å²) in [5.74, 6) is 0.146. The summed E-state index contributed by atoms with van der Waals surface area (Å²) >= 11 is 7.42. The summed E-state index contributed by atoms with van der Waals surface area (Å²) in [5.41, 5.74) is -0.637. The molecule has 116 valence electrons. The van der Waals surface area contributed by atoms with Gasteiger partial charge in [0, 0.05) is 23.0 Å². The molecule has 1 aromatic carbocycles. The number of carbonyl (C=O) groups excluding carboxylic acids is 1. The maximum Gasteiger partial charge on any atom is 0.235 e. The number of aliphatic hydroxyl groups is 1. The fraction of sp³-hybridized carbons (Fsp3) is 0.562. The molecule has 1 N–H and O–H groups in total. The molecule has 0 spiro atoms. The van der Waals surface area contributed by atoms with Gasteiger partial charge in [0.25, 0.3) is 0 Å². The zero-order chi connectivity index (χ0) is 15.5. The first-order valence-corrected chi connectivity index (χ1v) is 8.56. The summed E-state index contributed by atoms with van der Waals surface area (Å²) in [6.07, 6.45) is 2.27. The lowest BCUT2D eigenvalue weighted by atomic mass is 9.98. The minimum Gasteiger partial charge on any atom is -0.390 e. The van der Waals surface area contributed by atoms with E-state index in [0.29, 0.717) is 18.0 Å². The van der Waals surface area contributed by atoms with Crippen LogP contribution in [0.25, 0.3) is 0 Å². The van der Waals surface area contributed by atoms with Crippen molar-refractivity contribution in [2.75, 3.05) is 13.1 Å². The molecule has 2 atom stereocenters. The minimum atomic E-state index is -0.637. The van der Waals surface area contributed by atoms with Crippen molar-refractivity contribution in [1.29, 1.82) is 0 Å². The van der Waals surface area contributed by atoms with E-state index in [1.807, 2.05) is 43.0 Å². The Kier molecular flexibility index (Phi) is 5.58. The fourth-order valence-electron chi connectivity index (χ4n) is 2.51. The molecule has 1 aromatic rings. The molecule has 5 heteroatoms. The highest BCUT2D eigenvalue weighted by atomic mass is 35.5. The second-order valence-electron chi connectivity index (χ2n) is 5.89. The second-order valence-corrected chi connectivity index (χ2v) is 7.74. The highest BCUT2D eigenvalue weighted by molar-refractivity contribution is 8.00. The molecular formula is C16H22ClNO2S. The van der Waals surface area contributed by atoms with Gasteiger partial charge in [-0.2, -0.15) is 0 Å². The van der Waals surface area contributed by atoms with E-state index in [1.54, 1.807) is 11.8 Å². The van der Waals surface area contributed by atoms with E-state index in [9.17, 15) is 9.90 Å². The largest absolute Gasteiger partial charge is 0.390 e. The van der Waals surface area contributed by atoms with Gasteiger partial charge in [0.15, 0.2) is 0 Å². The van der Waals surface area contributed by atoms with E-state index in [4.69, 9.17) is 11.6 Å². The third-order valence-corrected chi connectivity index (χ3v) is 5.20. The van der Waals surface area contributed by atoms with Crippen molar-refractivity contribution < 1.29 is 9.90 Å².